The van der Waals surface area contributed by atoms with Crippen LogP contribution in [0.2, 0.25) is 0 Å². The molecule has 0 aliphatic carbocycles. The minimum atomic E-state index is 0.155. The van der Waals surface area contributed by atoms with Crippen LogP contribution in [0.5, 0.6) is 0 Å². The highest BCUT2D eigenvalue weighted by Gasteiger charge is 2.25. The first-order valence-electron chi connectivity index (χ1n) is 7.43. The van der Waals surface area contributed by atoms with Gasteiger partial charge < -0.3 is 5.32 Å². The Morgan fingerprint density at radius 3 is 3.10 bits per heavy atom. The molecule has 20 heavy (non-hydrogen) atoms. The number of nitrogens with zero attached hydrogens (tertiary/aromatic N) is 1. The van der Waals surface area contributed by atoms with Crippen LogP contribution in [-0.2, 0) is 11.3 Å². The monoisotopic (exact) mass is 338 g/mol. The molecule has 1 atom stereocenters. The molecule has 0 spiro atoms. The Balaban J connectivity index is 1.88. The molecule has 110 valence electrons. The second-order valence-corrected chi connectivity index (χ2v) is 6.41. The molecule has 1 aliphatic rings. The summed E-state index contributed by atoms with van der Waals surface area (Å²) in [6.45, 7) is 5.77. The zero-order valence-corrected chi connectivity index (χ0v) is 13.7. The molecule has 4 heteroatoms. The third-order valence-corrected chi connectivity index (χ3v) is 4.21. The van der Waals surface area contributed by atoms with Gasteiger partial charge in [0.05, 0.1) is 5.92 Å². The maximum atomic E-state index is 12.1. The van der Waals surface area contributed by atoms with Crippen molar-refractivity contribution < 1.29 is 4.79 Å². The lowest BCUT2D eigenvalue weighted by molar-refractivity contribution is -0.126. The number of benzene rings is 1. The average Bonchev–Trinajstić information content (AvgIpc) is 2.45. The van der Waals surface area contributed by atoms with Gasteiger partial charge in [-0.3, -0.25) is 9.69 Å². The van der Waals surface area contributed by atoms with Crippen molar-refractivity contribution in [1.29, 1.82) is 0 Å². The van der Waals surface area contributed by atoms with Crippen LogP contribution < -0.4 is 5.32 Å². The number of halogens is 1. The number of carbonyl (C=O) groups is 1. The summed E-state index contributed by atoms with van der Waals surface area (Å²) in [5, 5.41) is 3.02. The number of rotatable bonds is 5. The smallest absolute Gasteiger partial charge is 0.224 e. The van der Waals surface area contributed by atoms with E-state index in [2.05, 4.69) is 51.3 Å². The van der Waals surface area contributed by atoms with Gasteiger partial charge >= 0.3 is 0 Å². The SMILES string of the molecule is CCCNC(=O)[C@H]1CCCN(Cc2cccc(Br)c2)C1. The first-order valence-corrected chi connectivity index (χ1v) is 8.23. The lowest BCUT2D eigenvalue weighted by atomic mass is 9.96. The van der Waals surface area contributed by atoms with Crippen molar-refractivity contribution in [3.05, 3.63) is 34.3 Å². The van der Waals surface area contributed by atoms with Crippen LogP contribution in [0.3, 0.4) is 0 Å². The van der Waals surface area contributed by atoms with Gasteiger partial charge in [-0.05, 0) is 43.5 Å². The Kier molecular flexibility index (Phi) is 6.05. The molecule has 2 rings (SSSR count). The number of amides is 1. The topological polar surface area (TPSA) is 32.3 Å². The van der Waals surface area contributed by atoms with Crippen LogP contribution in [-0.4, -0.2) is 30.4 Å². The van der Waals surface area contributed by atoms with Crippen LogP contribution in [0.4, 0.5) is 0 Å². The summed E-state index contributed by atoms with van der Waals surface area (Å²) < 4.78 is 1.12. The van der Waals surface area contributed by atoms with Crippen molar-refractivity contribution in [2.75, 3.05) is 19.6 Å². The maximum absolute atomic E-state index is 12.1. The first kappa shape index (κ1) is 15.5. The highest BCUT2D eigenvalue weighted by atomic mass is 79.9. The number of nitrogens with one attached hydrogen (secondary N) is 1. The predicted molar refractivity (Wildman–Crippen MR) is 85.4 cm³/mol. The maximum Gasteiger partial charge on any atom is 0.224 e. The fraction of sp³-hybridized carbons (Fsp3) is 0.562. The van der Waals surface area contributed by atoms with Crippen LogP contribution in [0.15, 0.2) is 28.7 Å². The molecule has 1 aromatic rings. The number of hydrogen-bond acceptors (Lipinski definition) is 2. The van der Waals surface area contributed by atoms with Crippen molar-refractivity contribution in [3.63, 3.8) is 0 Å². The van der Waals surface area contributed by atoms with Gasteiger partial charge in [0.15, 0.2) is 0 Å². The van der Waals surface area contributed by atoms with Crippen LogP contribution in [0.1, 0.15) is 31.7 Å². The molecule has 1 aliphatic heterocycles. The van der Waals surface area contributed by atoms with E-state index in [1.54, 1.807) is 0 Å². The lowest BCUT2D eigenvalue weighted by Crippen LogP contribution is -2.42. The van der Waals surface area contributed by atoms with Gasteiger partial charge in [-0.2, -0.15) is 0 Å². The Bertz CT molecular complexity index is 450. The van der Waals surface area contributed by atoms with E-state index in [0.29, 0.717) is 0 Å². The molecule has 0 aromatic heterocycles. The molecule has 1 saturated heterocycles. The summed E-state index contributed by atoms with van der Waals surface area (Å²) >= 11 is 3.51. The molecule has 0 saturated carbocycles. The Hall–Kier alpha value is -0.870. The highest BCUT2D eigenvalue weighted by Crippen LogP contribution is 2.20. The zero-order chi connectivity index (χ0) is 14.4. The number of piperidine rings is 1. The molecule has 1 fully saturated rings. The summed E-state index contributed by atoms with van der Waals surface area (Å²) in [5.74, 6) is 0.383. The Morgan fingerprint density at radius 1 is 1.50 bits per heavy atom. The number of hydrogen-bond donors (Lipinski definition) is 1. The molecule has 0 bridgehead atoms. The van der Waals surface area contributed by atoms with E-state index in [1.807, 2.05) is 6.07 Å². The fourth-order valence-electron chi connectivity index (χ4n) is 2.70. The Labute approximate surface area is 129 Å². The minimum Gasteiger partial charge on any atom is -0.356 e. The molecule has 0 unspecified atom stereocenters. The van der Waals surface area contributed by atoms with Gasteiger partial charge in [0.2, 0.25) is 5.91 Å². The third kappa shape index (κ3) is 4.60. The summed E-state index contributed by atoms with van der Waals surface area (Å²) in [7, 11) is 0. The van der Waals surface area contributed by atoms with Crippen LogP contribution in [0, 0.1) is 5.92 Å². The Morgan fingerprint density at radius 2 is 2.35 bits per heavy atom. The van der Waals surface area contributed by atoms with Crippen molar-refractivity contribution >= 4 is 21.8 Å². The van der Waals surface area contributed by atoms with Crippen molar-refractivity contribution in [3.8, 4) is 0 Å². The predicted octanol–water partition coefficient (Wildman–Crippen LogP) is 3.19. The quantitative estimate of drug-likeness (QED) is 0.894. The van der Waals surface area contributed by atoms with E-state index in [1.165, 1.54) is 5.56 Å². The highest BCUT2D eigenvalue weighted by molar-refractivity contribution is 9.10. The van der Waals surface area contributed by atoms with Crippen LogP contribution in [0.25, 0.3) is 0 Å². The van der Waals surface area contributed by atoms with Crippen molar-refractivity contribution in [1.82, 2.24) is 10.2 Å². The molecule has 1 heterocycles. The van der Waals surface area contributed by atoms with Crippen LogP contribution >= 0.6 is 15.9 Å². The van der Waals surface area contributed by atoms with E-state index in [9.17, 15) is 4.79 Å². The average molecular weight is 339 g/mol. The number of likely N-dealkylation sites (tertiary alicyclic amines) is 1. The van der Waals surface area contributed by atoms with E-state index in [4.69, 9.17) is 0 Å². The summed E-state index contributed by atoms with van der Waals surface area (Å²) in [5.41, 5.74) is 1.30. The van der Waals surface area contributed by atoms with Crippen molar-refractivity contribution in [2.45, 2.75) is 32.7 Å². The summed E-state index contributed by atoms with van der Waals surface area (Å²) in [6, 6.07) is 8.40. The fourth-order valence-corrected chi connectivity index (χ4v) is 3.15. The van der Waals surface area contributed by atoms with Gasteiger partial charge in [-0.15, -0.1) is 0 Å². The lowest BCUT2D eigenvalue weighted by Gasteiger charge is -2.32. The zero-order valence-electron chi connectivity index (χ0n) is 12.1. The molecular formula is C16H23BrN2O. The van der Waals surface area contributed by atoms with E-state index in [0.717, 1.165) is 49.9 Å². The first-order chi connectivity index (χ1) is 9.69. The second kappa shape index (κ2) is 7.79. The van der Waals surface area contributed by atoms with Gasteiger partial charge in [0, 0.05) is 24.1 Å². The van der Waals surface area contributed by atoms with Gasteiger partial charge in [-0.1, -0.05) is 35.0 Å². The molecule has 1 N–H and O–H groups in total. The molecule has 1 amide bonds. The molecule has 0 radical (unpaired) electrons. The summed E-state index contributed by atoms with van der Waals surface area (Å²) in [6.07, 6.45) is 3.13. The van der Waals surface area contributed by atoms with Gasteiger partial charge in [-0.25, -0.2) is 0 Å². The number of carbonyl (C=O) groups excluding carboxylic acids is 1. The normalized spacial score (nSPS) is 19.8. The third-order valence-electron chi connectivity index (χ3n) is 3.72. The van der Waals surface area contributed by atoms with E-state index in [-0.39, 0.29) is 11.8 Å². The standard InChI is InChI=1S/C16H23BrN2O/c1-2-8-18-16(20)14-6-4-9-19(12-14)11-13-5-3-7-15(17)10-13/h3,5,7,10,14H,2,4,6,8-9,11-12H2,1H3,(H,18,20)/t14-/m0/s1. The minimum absolute atomic E-state index is 0.155. The molecular weight excluding hydrogens is 316 g/mol. The summed E-state index contributed by atoms with van der Waals surface area (Å²) in [4.78, 5) is 14.5. The molecule has 3 nitrogen and oxygen atoms in total. The van der Waals surface area contributed by atoms with Gasteiger partial charge in [0.1, 0.15) is 0 Å². The van der Waals surface area contributed by atoms with E-state index >= 15 is 0 Å². The largest absolute Gasteiger partial charge is 0.356 e. The van der Waals surface area contributed by atoms with E-state index < -0.39 is 0 Å². The van der Waals surface area contributed by atoms with Crippen molar-refractivity contribution in [2.24, 2.45) is 5.92 Å². The van der Waals surface area contributed by atoms with Gasteiger partial charge in [0.25, 0.3) is 0 Å². The second-order valence-electron chi connectivity index (χ2n) is 5.50. The molecule has 1 aromatic carbocycles.